The van der Waals surface area contributed by atoms with Crippen LogP contribution in [0.5, 0.6) is 5.75 Å². The van der Waals surface area contributed by atoms with Crippen molar-refractivity contribution >= 4 is 5.69 Å². The minimum absolute atomic E-state index is 0.221. The average Bonchev–Trinajstić information content (AvgIpc) is 2.12. The minimum Gasteiger partial charge on any atom is -0.491 e. The molecular formula is C13H19NO2. The van der Waals surface area contributed by atoms with Gasteiger partial charge in [-0.1, -0.05) is 0 Å². The Labute approximate surface area is 96.8 Å². The third kappa shape index (κ3) is 2.67. The standard InChI is InChI=1S/C13H19NO2/c1-9(2)16-12-4-5-13(10(3)6-12)14-11-7-15-8-11/h4-6,9,11,14H,7-8H2,1-3H3. The Bertz CT molecular complexity index is 359. The summed E-state index contributed by atoms with van der Waals surface area (Å²) in [4.78, 5) is 0. The number of hydrogen-bond donors (Lipinski definition) is 1. The summed E-state index contributed by atoms with van der Waals surface area (Å²) in [5.74, 6) is 0.933. The molecule has 1 aliphatic rings. The number of nitrogens with one attached hydrogen (secondary N) is 1. The molecule has 88 valence electrons. The van der Waals surface area contributed by atoms with Gasteiger partial charge < -0.3 is 14.8 Å². The Kier molecular flexibility index (Phi) is 3.34. The van der Waals surface area contributed by atoms with E-state index in [4.69, 9.17) is 9.47 Å². The summed E-state index contributed by atoms with van der Waals surface area (Å²) in [5, 5.41) is 3.45. The second-order valence-corrected chi connectivity index (χ2v) is 4.52. The van der Waals surface area contributed by atoms with Crippen LogP contribution >= 0.6 is 0 Å². The Hall–Kier alpha value is -1.22. The second kappa shape index (κ2) is 4.74. The molecule has 3 nitrogen and oxygen atoms in total. The van der Waals surface area contributed by atoms with Crippen LogP contribution in [-0.4, -0.2) is 25.4 Å². The van der Waals surface area contributed by atoms with Gasteiger partial charge in [0.1, 0.15) is 5.75 Å². The third-order valence-electron chi connectivity index (χ3n) is 2.57. The minimum atomic E-state index is 0.221. The molecule has 0 atom stereocenters. The Balaban J connectivity index is 2.03. The summed E-state index contributed by atoms with van der Waals surface area (Å²) < 4.78 is 10.8. The number of benzene rings is 1. The zero-order valence-electron chi connectivity index (χ0n) is 10.1. The Morgan fingerprint density at radius 1 is 1.38 bits per heavy atom. The predicted molar refractivity (Wildman–Crippen MR) is 65.2 cm³/mol. The van der Waals surface area contributed by atoms with E-state index in [0.29, 0.717) is 6.04 Å². The van der Waals surface area contributed by atoms with E-state index in [1.165, 1.54) is 11.3 Å². The molecule has 0 radical (unpaired) electrons. The number of ether oxygens (including phenoxy) is 2. The van der Waals surface area contributed by atoms with Crippen LogP contribution in [0.1, 0.15) is 19.4 Å². The lowest BCUT2D eigenvalue weighted by Gasteiger charge is -2.28. The molecule has 0 bridgehead atoms. The fourth-order valence-corrected chi connectivity index (χ4v) is 1.68. The summed E-state index contributed by atoms with van der Waals surface area (Å²) >= 11 is 0. The van der Waals surface area contributed by atoms with E-state index in [1.807, 2.05) is 19.9 Å². The van der Waals surface area contributed by atoms with Gasteiger partial charge in [0.2, 0.25) is 0 Å². The van der Waals surface area contributed by atoms with Gasteiger partial charge in [-0.3, -0.25) is 0 Å². The van der Waals surface area contributed by atoms with E-state index in [0.717, 1.165) is 19.0 Å². The van der Waals surface area contributed by atoms with Gasteiger partial charge >= 0.3 is 0 Å². The molecule has 1 saturated heterocycles. The van der Waals surface area contributed by atoms with Crippen molar-refractivity contribution in [3.63, 3.8) is 0 Å². The van der Waals surface area contributed by atoms with Crippen molar-refractivity contribution in [3.05, 3.63) is 23.8 Å². The number of rotatable bonds is 4. The first kappa shape index (κ1) is 11.3. The lowest BCUT2D eigenvalue weighted by atomic mass is 10.1. The summed E-state index contributed by atoms with van der Waals surface area (Å²) in [5.41, 5.74) is 2.38. The Morgan fingerprint density at radius 3 is 2.62 bits per heavy atom. The summed E-state index contributed by atoms with van der Waals surface area (Å²) in [6.07, 6.45) is 0.221. The summed E-state index contributed by atoms with van der Waals surface area (Å²) in [7, 11) is 0. The molecule has 0 unspecified atom stereocenters. The van der Waals surface area contributed by atoms with Gasteiger partial charge in [-0.15, -0.1) is 0 Å². The van der Waals surface area contributed by atoms with Crippen molar-refractivity contribution in [3.8, 4) is 5.75 Å². The molecule has 3 heteroatoms. The molecule has 16 heavy (non-hydrogen) atoms. The molecule has 1 aliphatic heterocycles. The molecular weight excluding hydrogens is 202 g/mol. The molecule has 0 aliphatic carbocycles. The quantitative estimate of drug-likeness (QED) is 0.847. The van der Waals surface area contributed by atoms with Crippen LogP contribution in [0.3, 0.4) is 0 Å². The van der Waals surface area contributed by atoms with Crippen molar-refractivity contribution in [1.29, 1.82) is 0 Å². The van der Waals surface area contributed by atoms with E-state index in [-0.39, 0.29) is 6.10 Å². The van der Waals surface area contributed by atoms with Crippen molar-refractivity contribution in [1.82, 2.24) is 0 Å². The van der Waals surface area contributed by atoms with Crippen LogP contribution < -0.4 is 10.1 Å². The molecule has 1 aromatic rings. The lowest BCUT2D eigenvalue weighted by Crippen LogP contribution is -2.40. The van der Waals surface area contributed by atoms with E-state index in [1.54, 1.807) is 0 Å². The summed E-state index contributed by atoms with van der Waals surface area (Å²) in [6.45, 7) is 7.78. The maximum atomic E-state index is 5.64. The number of aryl methyl sites for hydroxylation is 1. The highest BCUT2D eigenvalue weighted by molar-refractivity contribution is 5.54. The number of anilines is 1. The summed E-state index contributed by atoms with van der Waals surface area (Å²) in [6, 6.07) is 6.62. The fourth-order valence-electron chi connectivity index (χ4n) is 1.68. The van der Waals surface area contributed by atoms with Gasteiger partial charge in [0.15, 0.2) is 0 Å². The molecule has 1 N–H and O–H groups in total. The first-order valence-electron chi connectivity index (χ1n) is 5.77. The molecule has 2 rings (SSSR count). The van der Waals surface area contributed by atoms with Gasteiger partial charge in [-0.2, -0.15) is 0 Å². The zero-order valence-corrected chi connectivity index (χ0v) is 10.1. The molecule has 1 heterocycles. The highest BCUT2D eigenvalue weighted by Crippen LogP contribution is 2.23. The second-order valence-electron chi connectivity index (χ2n) is 4.52. The van der Waals surface area contributed by atoms with Gasteiger partial charge in [0.25, 0.3) is 0 Å². The van der Waals surface area contributed by atoms with E-state index in [9.17, 15) is 0 Å². The van der Waals surface area contributed by atoms with Crippen molar-refractivity contribution in [2.24, 2.45) is 0 Å². The molecule has 0 aromatic heterocycles. The molecule has 0 spiro atoms. The largest absolute Gasteiger partial charge is 0.491 e. The van der Waals surface area contributed by atoms with Gasteiger partial charge in [-0.05, 0) is 44.5 Å². The SMILES string of the molecule is Cc1cc(OC(C)C)ccc1NC1COC1. The highest BCUT2D eigenvalue weighted by Gasteiger charge is 2.18. The van der Waals surface area contributed by atoms with Crippen LogP contribution in [0.25, 0.3) is 0 Å². The van der Waals surface area contributed by atoms with Gasteiger partial charge in [-0.25, -0.2) is 0 Å². The maximum absolute atomic E-state index is 5.64. The average molecular weight is 221 g/mol. The van der Waals surface area contributed by atoms with E-state index >= 15 is 0 Å². The van der Waals surface area contributed by atoms with Gasteiger partial charge in [0.05, 0.1) is 25.4 Å². The van der Waals surface area contributed by atoms with E-state index < -0.39 is 0 Å². The predicted octanol–water partition coefficient (Wildman–Crippen LogP) is 2.59. The van der Waals surface area contributed by atoms with Crippen LogP contribution in [-0.2, 0) is 4.74 Å². The zero-order chi connectivity index (χ0) is 11.5. The Morgan fingerprint density at radius 2 is 2.12 bits per heavy atom. The van der Waals surface area contributed by atoms with Crippen LogP contribution in [0.2, 0.25) is 0 Å². The topological polar surface area (TPSA) is 30.5 Å². The van der Waals surface area contributed by atoms with Crippen LogP contribution in [0, 0.1) is 6.92 Å². The smallest absolute Gasteiger partial charge is 0.120 e. The molecule has 1 aromatic carbocycles. The maximum Gasteiger partial charge on any atom is 0.120 e. The normalized spacial score (nSPS) is 16.0. The molecule has 0 saturated carbocycles. The first-order valence-corrected chi connectivity index (χ1v) is 5.77. The highest BCUT2D eigenvalue weighted by atomic mass is 16.5. The van der Waals surface area contributed by atoms with Crippen molar-refractivity contribution in [2.75, 3.05) is 18.5 Å². The van der Waals surface area contributed by atoms with Crippen molar-refractivity contribution < 1.29 is 9.47 Å². The van der Waals surface area contributed by atoms with E-state index in [2.05, 4.69) is 24.4 Å². The molecule has 0 amide bonds. The van der Waals surface area contributed by atoms with Crippen molar-refractivity contribution in [2.45, 2.75) is 32.9 Å². The first-order chi connectivity index (χ1) is 7.65. The van der Waals surface area contributed by atoms with Crippen LogP contribution in [0.15, 0.2) is 18.2 Å². The third-order valence-corrected chi connectivity index (χ3v) is 2.57. The molecule has 1 fully saturated rings. The van der Waals surface area contributed by atoms with Crippen LogP contribution in [0.4, 0.5) is 5.69 Å². The lowest BCUT2D eigenvalue weighted by molar-refractivity contribution is 0.0211. The number of hydrogen-bond acceptors (Lipinski definition) is 3. The fraction of sp³-hybridized carbons (Fsp3) is 0.538. The van der Waals surface area contributed by atoms with Gasteiger partial charge in [0, 0.05) is 5.69 Å². The monoisotopic (exact) mass is 221 g/mol.